The molecule has 1 unspecified atom stereocenters. The molecule has 3 heterocycles. The highest BCUT2D eigenvalue weighted by Crippen LogP contribution is 2.38. The van der Waals surface area contributed by atoms with Gasteiger partial charge in [-0.15, -0.1) is 0 Å². The number of thioether (sulfide) groups is 1. The number of nitrogens with one attached hydrogen (secondary N) is 1. The highest BCUT2D eigenvalue weighted by molar-refractivity contribution is 8.00. The number of fused-ring (bicyclic) bond motifs is 1. The lowest BCUT2D eigenvalue weighted by Gasteiger charge is -2.14. The molecule has 1 aromatic carbocycles. The Morgan fingerprint density at radius 2 is 2.03 bits per heavy atom. The monoisotopic (exact) mass is 492 g/mol. The highest BCUT2D eigenvalue weighted by atomic mass is 32.2. The summed E-state index contributed by atoms with van der Waals surface area (Å²) in [6, 6.07) is 11.5. The zero-order valence-electron chi connectivity index (χ0n) is 17.4. The summed E-state index contributed by atoms with van der Waals surface area (Å²) in [5.41, 5.74) is 8.30. The molecular weight excluding hydrogens is 476 g/mol. The maximum atomic E-state index is 12.9. The van der Waals surface area contributed by atoms with Gasteiger partial charge in [0.05, 0.1) is 28.1 Å². The lowest BCUT2D eigenvalue weighted by atomic mass is 9.99. The molecule has 0 spiro atoms. The molecule has 11 heteroatoms. The Bertz CT molecular complexity index is 1430. The number of nitrogen functional groups attached to an aromatic ring is 1. The molecule has 4 aromatic rings. The second kappa shape index (κ2) is 9.46. The fraction of sp³-hybridized carbons (Fsp3) is 0.136. The quantitative estimate of drug-likeness (QED) is 0.363. The van der Waals surface area contributed by atoms with E-state index in [2.05, 4.69) is 21.4 Å². The molecule has 3 aromatic heterocycles. The molecule has 0 aliphatic carbocycles. The highest BCUT2D eigenvalue weighted by Gasteiger charge is 2.24. The van der Waals surface area contributed by atoms with Crippen molar-refractivity contribution in [3.63, 3.8) is 0 Å². The summed E-state index contributed by atoms with van der Waals surface area (Å²) >= 11 is 3.89. The van der Waals surface area contributed by atoms with Gasteiger partial charge in [0, 0.05) is 5.56 Å². The number of benzene rings is 1. The number of amides is 1. The Hall–Kier alpha value is -3.64. The Morgan fingerprint density at radius 1 is 1.24 bits per heavy atom. The lowest BCUT2D eigenvalue weighted by Crippen LogP contribution is -2.22. The third kappa shape index (κ3) is 4.47. The van der Waals surface area contributed by atoms with Gasteiger partial charge < -0.3 is 15.8 Å². The van der Waals surface area contributed by atoms with E-state index < -0.39 is 5.25 Å². The standard InChI is InChI=1S/C22H16N6O2S3/c1-11(20(29)28-22-26-16-4-3-13(30-2)7-17(16)33-22)32-21-15(9-24)18(12-5-6-31-10-12)14(8-23)19(25)27-21/h3-7,10-11H,1-2H3,(H2,25,27)(H,26,28,29). The van der Waals surface area contributed by atoms with Crippen molar-refractivity contribution in [2.24, 2.45) is 0 Å². The van der Waals surface area contributed by atoms with Crippen molar-refractivity contribution in [1.82, 2.24) is 9.97 Å². The Labute approximate surface area is 201 Å². The number of thiophene rings is 1. The molecule has 0 aliphatic heterocycles. The first-order valence-corrected chi connectivity index (χ1v) is 12.2. The molecule has 1 amide bonds. The van der Waals surface area contributed by atoms with Gasteiger partial charge in [-0.05, 0) is 47.5 Å². The molecule has 0 radical (unpaired) electrons. The summed E-state index contributed by atoms with van der Waals surface area (Å²) in [5, 5.41) is 26.1. The molecule has 0 aliphatic rings. The fourth-order valence-electron chi connectivity index (χ4n) is 3.09. The predicted octanol–water partition coefficient (Wildman–Crippen LogP) is 4.87. The topological polar surface area (TPSA) is 138 Å². The number of pyridine rings is 1. The Kier molecular flexibility index (Phi) is 6.47. The number of ether oxygens (including phenoxy) is 1. The number of nitrogens with two attached hydrogens (primary N) is 1. The van der Waals surface area contributed by atoms with Crippen molar-refractivity contribution in [1.29, 1.82) is 10.5 Å². The minimum atomic E-state index is -0.603. The van der Waals surface area contributed by atoms with Crippen molar-refractivity contribution in [2.75, 3.05) is 18.2 Å². The molecule has 3 N–H and O–H groups in total. The van der Waals surface area contributed by atoms with Crippen LogP contribution in [-0.2, 0) is 4.79 Å². The summed E-state index contributed by atoms with van der Waals surface area (Å²) in [6.45, 7) is 1.71. The van der Waals surface area contributed by atoms with Crippen LogP contribution >= 0.6 is 34.4 Å². The normalized spacial score (nSPS) is 11.5. The zero-order valence-corrected chi connectivity index (χ0v) is 19.9. The summed E-state index contributed by atoms with van der Waals surface area (Å²) in [5.74, 6) is 0.438. The van der Waals surface area contributed by atoms with E-state index in [-0.39, 0.29) is 22.9 Å². The van der Waals surface area contributed by atoms with Crippen molar-refractivity contribution < 1.29 is 9.53 Å². The third-order valence-electron chi connectivity index (χ3n) is 4.71. The van der Waals surface area contributed by atoms with E-state index in [1.807, 2.05) is 41.1 Å². The maximum absolute atomic E-state index is 12.9. The summed E-state index contributed by atoms with van der Waals surface area (Å²) in [6.07, 6.45) is 0. The predicted molar refractivity (Wildman–Crippen MR) is 132 cm³/mol. The number of hydrogen-bond donors (Lipinski definition) is 2. The van der Waals surface area contributed by atoms with Crippen LogP contribution in [0.5, 0.6) is 5.75 Å². The van der Waals surface area contributed by atoms with Crippen LogP contribution in [0.2, 0.25) is 0 Å². The van der Waals surface area contributed by atoms with Crippen molar-refractivity contribution in [3.05, 3.63) is 46.2 Å². The molecule has 4 rings (SSSR count). The minimum absolute atomic E-state index is 0.0212. The van der Waals surface area contributed by atoms with Crippen LogP contribution in [0.25, 0.3) is 21.3 Å². The van der Waals surface area contributed by atoms with Gasteiger partial charge in [-0.2, -0.15) is 21.9 Å². The third-order valence-corrected chi connectivity index (χ3v) is 7.41. The molecule has 8 nitrogen and oxygen atoms in total. The number of carbonyl (C=O) groups is 1. The van der Waals surface area contributed by atoms with E-state index in [9.17, 15) is 15.3 Å². The first kappa shape index (κ1) is 22.6. The number of aromatic nitrogens is 2. The number of rotatable bonds is 6. The summed E-state index contributed by atoms with van der Waals surface area (Å²) in [4.78, 5) is 21.6. The van der Waals surface area contributed by atoms with E-state index in [4.69, 9.17) is 10.5 Å². The average Bonchev–Trinajstić information content (AvgIpc) is 3.47. The largest absolute Gasteiger partial charge is 0.497 e. The van der Waals surface area contributed by atoms with E-state index in [1.165, 1.54) is 22.7 Å². The van der Waals surface area contributed by atoms with Gasteiger partial charge in [0.15, 0.2) is 5.13 Å². The number of nitriles is 2. The van der Waals surface area contributed by atoms with Gasteiger partial charge >= 0.3 is 0 Å². The first-order valence-electron chi connectivity index (χ1n) is 9.53. The first-order chi connectivity index (χ1) is 15.9. The van der Waals surface area contributed by atoms with Gasteiger partial charge in [0.25, 0.3) is 0 Å². The number of thiazole rings is 1. The smallest absolute Gasteiger partial charge is 0.239 e. The van der Waals surface area contributed by atoms with Crippen molar-refractivity contribution >= 4 is 61.5 Å². The second-order valence-electron chi connectivity index (χ2n) is 6.76. The molecular formula is C22H16N6O2S3. The Morgan fingerprint density at radius 3 is 2.70 bits per heavy atom. The van der Waals surface area contributed by atoms with Crippen LogP contribution in [0.3, 0.4) is 0 Å². The van der Waals surface area contributed by atoms with Crippen LogP contribution in [0.1, 0.15) is 18.1 Å². The van der Waals surface area contributed by atoms with Gasteiger partial charge in [0.2, 0.25) is 5.91 Å². The number of nitrogens with zero attached hydrogens (tertiary/aromatic N) is 4. The van der Waals surface area contributed by atoms with E-state index in [0.717, 1.165) is 22.0 Å². The van der Waals surface area contributed by atoms with Crippen molar-refractivity contribution in [2.45, 2.75) is 17.2 Å². The van der Waals surface area contributed by atoms with Gasteiger partial charge in [0.1, 0.15) is 34.3 Å². The number of methoxy groups -OCH3 is 1. The number of hydrogen-bond acceptors (Lipinski definition) is 10. The van der Waals surface area contributed by atoms with Crippen LogP contribution < -0.4 is 15.8 Å². The lowest BCUT2D eigenvalue weighted by molar-refractivity contribution is -0.115. The molecule has 0 saturated carbocycles. The average molecular weight is 493 g/mol. The second-order valence-corrected chi connectivity index (χ2v) is 9.91. The van der Waals surface area contributed by atoms with Crippen LogP contribution in [-0.4, -0.2) is 28.2 Å². The van der Waals surface area contributed by atoms with E-state index in [1.54, 1.807) is 14.0 Å². The fourth-order valence-corrected chi connectivity index (χ4v) is 5.55. The van der Waals surface area contributed by atoms with Crippen LogP contribution in [0.4, 0.5) is 10.9 Å². The zero-order chi connectivity index (χ0) is 23.5. The molecule has 0 bridgehead atoms. The molecule has 33 heavy (non-hydrogen) atoms. The Balaban J connectivity index is 1.60. The molecule has 164 valence electrons. The summed E-state index contributed by atoms with van der Waals surface area (Å²) < 4.78 is 6.11. The number of anilines is 2. The van der Waals surface area contributed by atoms with E-state index >= 15 is 0 Å². The van der Waals surface area contributed by atoms with Crippen LogP contribution in [0, 0.1) is 22.7 Å². The molecule has 1 atom stereocenters. The van der Waals surface area contributed by atoms with Crippen molar-refractivity contribution in [3.8, 4) is 29.0 Å². The van der Waals surface area contributed by atoms with Gasteiger partial charge in [-0.25, -0.2) is 9.97 Å². The summed E-state index contributed by atoms with van der Waals surface area (Å²) in [7, 11) is 1.59. The van der Waals surface area contributed by atoms with E-state index in [0.29, 0.717) is 27.0 Å². The van der Waals surface area contributed by atoms with Gasteiger partial charge in [-0.1, -0.05) is 23.1 Å². The minimum Gasteiger partial charge on any atom is -0.497 e. The SMILES string of the molecule is COc1ccc2nc(NC(=O)C(C)Sc3nc(N)c(C#N)c(-c4ccsc4)c3C#N)sc2c1. The number of carbonyl (C=O) groups excluding carboxylic acids is 1. The molecule has 0 fully saturated rings. The van der Waals surface area contributed by atoms with Gasteiger partial charge in [-0.3, -0.25) is 4.79 Å². The maximum Gasteiger partial charge on any atom is 0.239 e. The molecule has 0 saturated heterocycles. The van der Waals surface area contributed by atoms with Crippen LogP contribution in [0.15, 0.2) is 40.1 Å².